The topological polar surface area (TPSA) is 62.9 Å². The fourth-order valence-electron chi connectivity index (χ4n) is 2.75. The monoisotopic (exact) mass is 322 g/mol. The molecule has 0 spiro atoms. The molecule has 1 aromatic rings. The predicted molar refractivity (Wildman–Crippen MR) is 91.6 cm³/mol. The van der Waals surface area contributed by atoms with Gasteiger partial charge < -0.3 is 19.5 Å². The Bertz CT molecular complexity index is 493. The van der Waals surface area contributed by atoms with E-state index in [4.69, 9.17) is 9.26 Å². The lowest BCUT2D eigenvalue weighted by molar-refractivity contribution is 0.0625. The smallest absolute Gasteiger partial charge is 0.193 e. The first-order valence-corrected chi connectivity index (χ1v) is 8.55. The second-order valence-electron chi connectivity index (χ2n) is 6.54. The van der Waals surface area contributed by atoms with Gasteiger partial charge in [0.1, 0.15) is 0 Å². The van der Waals surface area contributed by atoms with Gasteiger partial charge in [0.05, 0.1) is 12.2 Å². The number of aromatic nitrogens is 1. The Morgan fingerprint density at radius 3 is 2.78 bits per heavy atom. The third-order valence-electron chi connectivity index (χ3n) is 4.38. The van der Waals surface area contributed by atoms with Crippen molar-refractivity contribution in [2.24, 2.45) is 10.9 Å². The molecule has 2 rings (SSSR count). The number of nitrogens with one attached hydrogen (secondary N) is 1. The molecule has 6 nitrogen and oxygen atoms in total. The zero-order valence-corrected chi connectivity index (χ0v) is 14.8. The number of hydrogen-bond acceptors (Lipinski definition) is 4. The molecule has 0 aromatic carbocycles. The Labute approximate surface area is 139 Å². The zero-order chi connectivity index (χ0) is 16.7. The molecule has 6 heteroatoms. The van der Waals surface area contributed by atoms with Gasteiger partial charge in [0.25, 0.3) is 0 Å². The van der Waals surface area contributed by atoms with Crippen LogP contribution >= 0.6 is 0 Å². The van der Waals surface area contributed by atoms with E-state index in [9.17, 15) is 0 Å². The lowest BCUT2D eigenvalue weighted by Gasteiger charge is -2.26. The lowest BCUT2D eigenvalue weighted by atomic mass is 9.96. The molecule has 23 heavy (non-hydrogen) atoms. The number of aliphatic imine (C=N–C) groups is 1. The largest absolute Gasteiger partial charge is 0.381 e. The summed E-state index contributed by atoms with van der Waals surface area (Å²) in [5, 5.41) is 7.42. The molecule has 0 bridgehead atoms. The van der Waals surface area contributed by atoms with E-state index in [0.717, 1.165) is 43.1 Å². The SMILES string of the molecule is CN=C(NCc1cc(C(C)C)no1)N(C)CCC1CCOCC1. The summed E-state index contributed by atoms with van der Waals surface area (Å²) in [6, 6.07) is 2.01. The third-order valence-corrected chi connectivity index (χ3v) is 4.38. The predicted octanol–water partition coefficient (Wildman–Crippen LogP) is 2.62. The Balaban J connectivity index is 1.76. The van der Waals surface area contributed by atoms with Crippen molar-refractivity contribution in [2.45, 2.75) is 45.6 Å². The molecule has 0 amide bonds. The summed E-state index contributed by atoms with van der Waals surface area (Å²) < 4.78 is 10.8. The normalized spacial score (nSPS) is 16.8. The van der Waals surface area contributed by atoms with Gasteiger partial charge in [-0.1, -0.05) is 19.0 Å². The molecule has 1 fully saturated rings. The van der Waals surface area contributed by atoms with Gasteiger partial charge in [-0.25, -0.2) is 0 Å². The van der Waals surface area contributed by atoms with Gasteiger partial charge in [0.15, 0.2) is 11.7 Å². The van der Waals surface area contributed by atoms with Crippen LogP contribution < -0.4 is 5.32 Å². The Morgan fingerprint density at radius 1 is 1.43 bits per heavy atom. The first kappa shape index (κ1) is 17.8. The van der Waals surface area contributed by atoms with Crippen molar-refractivity contribution in [3.05, 3.63) is 17.5 Å². The molecule has 0 radical (unpaired) electrons. The van der Waals surface area contributed by atoms with E-state index in [1.54, 1.807) is 0 Å². The minimum Gasteiger partial charge on any atom is -0.381 e. The average molecular weight is 322 g/mol. The number of rotatable bonds is 6. The van der Waals surface area contributed by atoms with E-state index < -0.39 is 0 Å². The number of nitrogens with zero attached hydrogens (tertiary/aromatic N) is 3. The van der Waals surface area contributed by atoms with Crippen molar-refractivity contribution in [1.82, 2.24) is 15.4 Å². The highest BCUT2D eigenvalue weighted by Gasteiger charge is 2.16. The zero-order valence-electron chi connectivity index (χ0n) is 14.8. The van der Waals surface area contributed by atoms with Crippen LogP contribution in [-0.4, -0.2) is 49.9 Å². The van der Waals surface area contributed by atoms with Gasteiger partial charge >= 0.3 is 0 Å². The summed E-state index contributed by atoms with van der Waals surface area (Å²) in [7, 11) is 3.89. The second-order valence-corrected chi connectivity index (χ2v) is 6.54. The van der Waals surface area contributed by atoms with Crippen LogP contribution in [0.3, 0.4) is 0 Å². The second kappa shape index (κ2) is 8.91. The standard InChI is InChI=1S/C17H30N4O2/c1-13(2)16-11-15(23-20-16)12-19-17(18-3)21(4)8-5-14-6-9-22-10-7-14/h11,13-14H,5-10,12H2,1-4H3,(H,18,19). The van der Waals surface area contributed by atoms with Crippen molar-refractivity contribution in [3.63, 3.8) is 0 Å². The molecule has 2 heterocycles. The van der Waals surface area contributed by atoms with Crippen LogP contribution in [0.1, 0.15) is 50.5 Å². The highest BCUT2D eigenvalue weighted by atomic mass is 16.5. The Kier molecular flexibility index (Phi) is 6.89. The minimum absolute atomic E-state index is 0.383. The molecular weight excluding hydrogens is 292 g/mol. The molecule has 0 atom stereocenters. The Morgan fingerprint density at radius 2 is 2.17 bits per heavy atom. The van der Waals surface area contributed by atoms with Gasteiger partial charge in [-0.15, -0.1) is 0 Å². The first-order chi connectivity index (χ1) is 11.1. The summed E-state index contributed by atoms with van der Waals surface area (Å²) >= 11 is 0. The van der Waals surface area contributed by atoms with Crippen molar-refractivity contribution >= 4 is 5.96 Å². The van der Waals surface area contributed by atoms with Crippen LogP contribution in [-0.2, 0) is 11.3 Å². The fraction of sp³-hybridized carbons (Fsp3) is 0.765. The molecule has 0 aliphatic carbocycles. The number of ether oxygens (including phenoxy) is 1. The number of guanidine groups is 1. The summed E-state index contributed by atoms with van der Waals surface area (Å²) in [5.74, 6) is 2.88. The summed E-state index contributed by atoms with van der Waals surface area (Å²) in [5.41, 5.74) is 0.990. The van der Waals surface area contributed by atoms with Crippen LogP contribution in [0.4, 0.5) is 0 Å². The summed E-state index contributed by atoms with van der Waals surface area (Å²) in [4.78, 5) is 6.53. The molecule has 0 unspecified atom stereocenters. The first-order valence-electron chi connectivity index (χ1n) is 8.55. The van der Waals surface area contributed by atoms with E-state index >= 15 is 0 Å². The van der Waals surface area contributed by atoms with Gasteiger partial charge in [0.2, 0.25) is 0 Å². The van der Waals surface area contributed by atoms with Gasteiger partial charge in [0, 0.05) is 39.9 Å². The van der Waals surface area contributed by atoms with Gasteiger partial charge in [-0.3, -0.25) is 4.99 Å². The molecule has 130 valence electrons. The molecule has 1 saturated heterocycles. The van der Waals surface area contributed by atoms with Crippen LogP contribution in [0.5, 0.6) is 0 Å². The Hall–Kier alpha value is -1.56. The quantitative estimate of drug-likeness (QED) is 0.644. The van der Waals surface area contributed by atoms with E-state index in [0.29, 0.717) is 12.5 Å². The van der Waals surface area contributed by atoms with Crippen LogP contribution in [0.25, 0.3) is 0 Å². The molecule has 1 aliphatic rings. The maximum absolute atomic E-state index is 5.42. The van der Waals surface area contributed by atoms with Crippen molar-refractivity contribution in [1.29, 1.82) is 0 Å². The molecule has 1 N–H and O–H groups in total. The third kappa shape index (κ3) is 5.53. The summed E-state index contributed by atoms with van der Waals surface area (Å²) in [6.45, 7) is 7.64. The molecule has 1 aliphatic heterocycles. The van der Waals surface area contributed by atoms with Crippen molar-refractivity contribution in [3.8, 4) is 0 Å². The molecule has 0 saturated carbocycles. The van der Waals surface area contributed by atoms with E-state index in [2.05, 4.69) is 41.3 Å². The van der Waals surface area contributed by atoms with E-state index in [-0.39, 0.29) is 0 Å². The van der Waals surface area contributed by atoms with Crippen LogP contribution in [0.15, 0.2) is 15.6 Å². The van der Waals surface area contributed by atoms with Crippen molar-refractivity contribution in [2.75, 3.05) is 33.9 Å². The lowest BCUT2D eigenvalue weighted by Crippen LogP contribution is -2.39. The molecular formula is C17H30N4O2. The van der Waals surface area contributed by atoms with Crippen molar-refractivity contribution < 1.29 is 9.26 Å². The van der Waals surface area contributed by atoms with E-state index in [1.807, 2.05) is 13.1 Å². The fourth-order valence-corrected chi connectivity index (χ4v) is 2.75. The van der Waals surface area contributed by atoms with Crippen LogP contribution in [0.2, 0.25) is 0 Å². The maximum atomic E-state index is 5.42. The van der Waals surface area contributed by atoms with E-state index in [1.165, 1.54) is 19.3 Å². The molecule has 1 aromatic heterocycles. The van der Waals surface area contributed by atoms with Gasteiger partial charge in [-0.2, -0.15) is 0 Å². The highest BCUT2D eigenvalue weighted by Crippen LogP contribution is 2.18. The average Bonchev–Trinajstić information content (AvgIpc) is 3.04. The number of hydrogen-bond donors (Lipinski definition) is 1. The highest BCUT2D eigenvalue weighted by molar-refractivity contribution is 5.79. The summed E-state index contributed by atoms with van der Waals surface area (Å²) in [6.07, 6.45) is 3.53. The minimum atomic E-state index is 0.383. The van der Waals surface area contributed by atoms with Crippen LogP contribution in [0, 0.1) is 5.92 Å². The maximum Gasteiger partial charge on any atom is 0.193 e. The van der Waals surface area contributed by atoms with Gasteiger partial charge in [-0.05, 0) is 31.1 Å².